The van der Waals surface area contributed by atoms with Gasteiger partial charge in [-0.3, -0.25) is 10.1 Å². The molecule has 1 aromatic heterocycles. The summed E-state index contributed by atoms with van der Waals surface area (Å²) in [4.78, 5) is 22.5. The van der Waals surface area contributed by atoms with Gasteiger partial charge in [-0.1, -0.05) is 35.9 Å². The van der Waals surface area contributed by atoms with Gasteiger partial charge in [-0.05, 0) is 30.3 Å². The number of nitro groups is 1. The number of esters is 1. The van der Waals surface area contributed by atoms with Crippen molar-refractivity contribution < 1.29 is 18.9 Å². The fourth-order valence-electron chi connectivity index (χ4n) is 2.10. The second kappa shape index (κ2) is 6.55. The highest BCUT2D eigenvalue weighted by Gasteiger charge is 2.20. The van der Waals surface area contributed by atoms with Gasteiger partial charge < -0.3 is 9.15 Å². The van der Waals surface area contributed by atoms with Crippen LogP contribution in [0.2, 0.25) is 5.02 Å². The van der Waals surface area contributed by atoms with Crippen molar-refractivity contribution in [2.75, 3.05) is 0 Å². The molecule has 0 radical (unpaired) electrons. The lowest BCUT2D eigenvalue weighted by atomic mass is 10.2. The van der Waals surface area contributed by atoms with Crippen molar-refractivity contribution in [3.8, 4) is 17.1 Å². The van der Waals surface area contributed by atoms with E-state index in [2.05, 4.69) is 0 Å². The summed E-state index contributed by atoms with van der Waals surface area (Å²) < 4.78 is 10.5. The third-order valence-electron chi connectivity index (χ3n) is 3.21. The first kappa shape index (κ1) is 15.8. The number of rotatable bonds is 4. The van der Waals surface area contributed by atoms with Crippen molar-refractivity contribution in [1.29, 1.82) is 0 Å². The second-order valence-corrected chi connectivity index (χ2v) is 5.17. The number of hydrogen-bond acceptors (Lipinski definition) is 5. The van der Waals surface area contributed by atoms with E-state index in [0.717, 1.165) is 0 Å². The van der Waals surface area contributed by atoms with E-state index < -0.39 is 10.9 Å². The van der Waals surface area contributed by atoms with E-state index in [9.17, 15) is 14.9 Å². The predicted molar refractivity (Wildman–Crippen MR) is 87.2 cm³/mol. The van der Waals surface area contributed by atoms with E-state index in [1.807, 2.05) is 0 Å². The van der Waals surface area contributed by atoms with Crippen LogP contribution < -0.4 is 4.74 Å². The third kappa shape index (κ3) is 3.13. The average molecular weight is 344 g/mol. The molecule has 0 aliphatic carbocycles. The Bertz CT molecular complexity index is 919. The normalized spacial score (nSPS) is 10.4. The number of ether oxygens (including phenoxy) is 1. The third-order valence-corrected chi connectivity index (χ3v) is 3.54. The molecular weight excluding hydrogens is 334 g/mol. The van der Waals surface area contributed by atoms with Gasteiger partial charge in [-0.15, -0.1) is 0 Å². The van der Waals surface area contributed by atoms with Crippen LogP contribution >= 0.6 is 11.6 Å². The number of carbonyl (C=O) groups is 1. The van der Waals surface area contributed by atoms with E-state index >= 15 is 0 Å². The number of halogens is 1. The molecule has 6 nitrogen and oxygen atoms in total. The molecule has 0 saturated heterocycles. The molecule has 0 unspecified atom stereocenters. The molecule has 0 spiro atoms. The fraction of sp³-hybridized carbons (Fsp3) is 0. The summed E-state index contributed by atoms with van der Waals surface area (Å²) in [7, 11) is 0. The van der Waals surface area contributed by atoms with Crippen molar-refractivity contribution in [3.05, 3.63) is 81.6 Å². The number of nitrogens with zero attached hydrogens (tertiary/aromatic N) is 1. The van der Waals surface area contributed by atoms with E-state index in [1.165, 1.54) is 30.3 Å². The molecule has 0 N–H and O–H groups in total. The lowest BCUT2D eigenvalue weighted by molar-refractivity contribution is -0.385. The molecule has 3 rings (SSSR count). The van der Waals surface area contributed by atoms with Crippen LogP contribution in [-0.4, -0.2) is 10.9 Å². The summed E-state index contributed by atoms with van der Waals surface area (Å²) >= 11 is 6.08. The Balaban J connectivity index is 1.85. The predicted octanol–water partition coefficient (Wildman–Crippen LogP) is 4.73. The molecule has 0 aliphatic rings. The van der Waals surface area contributed by atoms with Crippen LogP contribution in [0.5, 0.6) is 5.75 Å². The Morgan fingerprint density at radius 2 is 1.75 bits per heavy atom. The largest absolute Gasteiger partial charge is 0.449 e. The first-order valence-corrected chi connectivity index (χ1v) is 7.24. The van der Waals surface area contributed by atoms with Gasteiger partial charge in [0.2, 0.25) is 11.5 Å². The molecular formula is C17H10ClNO5. The van der Waals surface area contributed by atoms with Gasteiger partial charge in [0.1, 0.15) is 5.76 Å². The highest BCUT2D eigenvalue weighted by molar-refractivity contribution is 6.33. The van der Waals surface area contributed by atoms with E-state index in [1.54, 1.807) is 30.3 Å². The minimum atomic E-state index is -0.831. The van der Waals surface area contributed by atoms with Crippen LogP contribution in [0.3, 0.4) is 0 Å². The summed E-state index contributed by atoms with van der Waals surface area (Å²) in [6, 6.07) is 15.6. The monoisotopic (exact) mass is 343 g/mol. The Labute approximate surface area is 141 Å². The molecule has 1 heterocycles. The van der Waals surface area contributed by atoms with Gasteiger partial charge in [0.15, 0.2) is 0 Å². The van der Waals surface area contributed by atoms with Gasteiger partial charge in [-0.25, -0.2) is 4.79 Å². The maximum Gasteiger partial charge on any atom is 0.379 e. The van der Waals surface area contributed by atoms with Crippen molar-refractivity contribution in [3.63, 3.8) is 0 Å². The van der Waals surface area contributed by atoms with E-state index in [4.69, 9.17) is 20.8 Å². The summed E-state index contributed by atoms with van der Waals surface area (Å²) in [5.41, 5.74) is 0.327. The van der Waals surface area contributed by atoms with Crippen LogP contribution in [0.15, 0.2) is 65.1 Å². The minimum absolute atomic E-state index is 0.0805. The van der Waals surface area contributed by atoms with E-state index in [-0.39, 0.29) is 17.2 Å². The Morgan fingerprint density at radius 3 is 2.50 bits per heavy atom. The van der Waals surface area contributed by atoms with Gasteiger partial charge in [-0.2, -0.15) is 0 Å². The molecule has 7 heteroatoms. The van der Waals surface area contributed by atoms with Crippen LogP contribution in [0, 0.1) is 10.1 Å². The number of benzene rings is 2. The maximum absolute atomic E-state index is 12.1. The Morgan fingerprint density at radius 1 is 1.04 bits per heavy atom. The summed E-state index contributed by atoms with van der Waals surface area (Å²) in [6.07, 6.45) is 0. The fourth-order valence-corrected chi connectivity index (χ4v) is 2.33. The van der Waals surface area contributed by atoms with Crippen molar-refractivity contribution in [2.45, 2.75) is 0 Å². The second-order valence-electron chi connectivity index (χ2n) is 4.76. The highest BCUT2D eigenvalue weighted by Crippen LogP contribution is 2.30. The van der Waals surface area contributed by atoms with Gasteiger partial charge in [0.05, 0.1) is 9.95 Å². The molecule has 0 amide bonds. The highest BCUT2D eigenvalue weighted by atomic mass is 35.5. The zero-order valence-electron chi connectivity index (χ0n) is 12.1. The van der Waals surface area contributed by atoms with Crippen molar-refractivity contribution in [2.24, 2.45) is 0 Å². The Kier molecular flexibility index (Phi) is 4.31. The molecule has 24 heavy (non-hydrogen) atoms. The average Bonchev–Trinajstić information content (AvgIpc) is 3.05. The number of furan rings is 1. The SMILES string of the molecule is O=C(Oc1ccccc1[N+](=O)[O-])c1ccc(-c2ccccc2Cl)o1. The van der Waals surface area contributed by atoms with Crippen LogP contribution in [0.1, 0.15) is 10.6 Å². The summed E-state index contributed by atoms with van der Waals surface area (Å²) in [5.74, 6) is -0.663. The van der Waals surface area contributed by atoms with Crippen molar-refractivity contribution >= 4 is 23.3 Å². The molecule has 120 valence electrons. The molecule has 3 aromatic rings. The molecule has 0 saturated carbocycles. The first-order valence-electron chi connectivity index (χ1n) is 6.86. The van der Waals surface area contributed by atoms with Gasteiger partial charge >= 0.3 is 11.7 Å². The smallest absolute Gasteiger partial charge is 0.379 e. The maximum atomic E-state index is 12.1. The summed E-state index contributed by atoms with van der Waals surface area (Å²) in [5, 5.41) is 11.4. The molecule has 0 bridgehead atoms. The standard InChI is InChI=1S/C17H10ClNO5/c18-12-6-2-1-5-11(12)14-9-10-16(23-14)17(20)24-15-8-4-3-7-13(15)19(21)22/h1-10H. The molecule has 0 aliphatic heterocycles. The van der Waals surface area contributed by atoms with Crippen LogP contribution in [-0.2, 0) is 0 Å². The van der Waals surface area contributed by atoms with E-state index in [0.29, 0.717) is 16.3 Å². The minimum Gasteiger partial charge on any atom is -0.449 e. The van der Waals surface area contributed by atoms with Gasteiger partial charge in [0.25, 0.3) is 0 Å². The Hall–Kier alpha value is -3.12. The topological polar surface area (TPSA) is 82.6 Å². The van der Waals surface area contributed by atoms with Crippen LogP contribution in [0.4, 0.5) is 5.69 Å². The van der Waals surface area contributed by atoms with Crippen LogP contribution in [0.25, 0.3) is 11.3 Å². The number of para-hydroxylation sites is 2. The lowest BCUT2D eigenvalue weighted by Crippen LogP contribution is -2.08. The van der Waals surface area contributed by atoms with Crippen molar-refractivity contribution in [1.82, 2.24) is 0 Å². The number of nitro benzene ring substituents is 1. The zero-order chi connectivity index (χ0) is 17.1. The summed E-state index contributed by atoms with van der Waals surface area (Å²) in [6.45, 7) is 0. The quantitative estimate of drug-likeness (QED) is 0.296. The molecule has 2 aromatic carbocycles. The first-order chi connectivity index (χ1) is 11.6. The molecule has 0 atom stereocenters. The number of carbonyl (C=O) groups excluding carboxylic acids is 1. The molecule has 0 fully saturated rings. The number of hydrogen-bond donors (Lipinski definition) is 0. The lowest BCUT2D eigenvalue weighted by Gasteiger charge is -2.03. The zero-order valence-corrected chi connectivity index (χ0v) is 12.9. The van der Waals surface area contributed by atoms with Gasteiger partial charge in [0, 0.05) is 11.6 Å².